The van der Waals surface area contributed by atoms with Crippen LogP contribution in [0.3, 0.4) is 0 Å². The molecule has 1 fully saturated rings. The largest absolute Gasteiger partial charge is 0.500 e. The predicted octanol–water partition coefficient (Wildman–Crippen LogP) is 14.4. The Labute approximate surface area is 368 Å². The summed E-state index contributed by atoms with van der Waals surface area (Å²) in [5.41, 5.74) is 15.2. The van der Waals surface area contributed by atoms with Gasteiger partial charge in [0.05, 0.1) is 13.7 Å². The van der Waals surface area contributed by atoms with Crippen LogP contribution in [0.25, 0.3) is 55.6 Å². The van der Waals surface area contributed by atoms with Crippen LogP contribution in [-0.2, 0) is 38.4 Å². The van der Waals surface area contributed by atoms with Crippen molar-refractivity contribution in [2.45, 2.75) is 118 Å². The van der Waals surface area contributed by atoms with Crippen molar-refractivity contribution in [3.8, 4) is 33.6 Å². The van der Waals surface area contributed by atoms with Gasteiger partial charge in [-0.05, 0) is 75.5 Å². The van der Waals surface area contributed by atoms with Gasteiger partial charge in [0.2, 0.25) is 0 Å². The number of fused-ring (bicyclic) bond motifs is 3. The van der Waals surface area contributed by atoms with E-state index in [9.17, 15) is 0 Å². The molecule has 3 heterocycles. The Morgan fingerprint density at radius 3 is 2.17 bits per heavy atom. The summed E-state index contributed by atoms with van der Waals surface area (Å²) >= 11 is 0. The van der Waals surface area contributed by atoms with Crippen LogP contribution >= 0.6 is 0 Å². The fraction of sp³-hybridized carbons (Fsp3) is 0.370. The van der Waals surface area contributed by atoms with Gasteiger partial charge in [0.1, 0.15) is 5.58 Å². The Morgan fingerprint density at radius 2 is 1.46 bits per heavy atom. The summed E-state index contributed by atoms with van der Waals surface area (Å²) in [6, 6.07) is 37.2. The fourth-order valence-corrected chi connectivity index (χ4v) is 10.0. The molecule has 0 amide bonds. The van der Waals surface area contributed by atoms with Crippen molar-refractivity contribution in [3.63, 3.8) is 0 Å². The predicted molar refractivity (Wildman–Crippen MR) is 250 cm³/mol. The van der Waals surface area contributed by atoms with Crippen molar-refractivity contribution in [2.75, 3.05) is 0 Å². The van der Waals surface area contributed by atoms with E-state index in [-0.39, 0.29) is 25.5 Å². The number of hydrogen-bond donors (Lipinski definition) is 0. The zero-order valence-electron chi connectivity index (χ0n) is 37.0. The molecule has 3 nitrogen and oxygen atoms in total. The van der Waals surface area contributed by atoms with Crippen LogP contribution in [0.5, 0.6) is 0 Å². The first kappa shape index (κ1) is 44.4. The normalized spacial score (nSPS) is 13.7. The van der Waals surface area contributed by atoms with E-state index in [2.05, 4.69) is 170 Å². The monoisotopic (exact) mass is 975 g/mol. The Bertz CT molecular complexity index is 2530. The topological polar surface area (TPSA) is 38.9 Å². The molecule has 309 valence electrons. The molecule has 7 aromatic rings. The second-order valence-electron chi connectivity index (χ2n) is 19.3. The molecule has 1 saturated carbocycles. The van der Waals surface area contributed by atoms with Gasteiger partial charge in [-0.1, -0.05) is 165 Å². The van der Waals surface area contributed by atoms with Crippen molar-refractivity contribution >= 4 is 35.2 Å². The number of benzene rings is 4. The van der Waals surface area contributed by atoms with Crippen LogP contribution in [0.2, 0.25) is 19.6 Å². The van der Waals surface area contributed by atoms with Gasteiger partial charge >= 0.3 is 0 Å². The second kappa shape index (κ2) is 18.6. The number of furan rings is 1. The third kappa shape index (κ3) is 10.8. The number of nitrogens with zero attached hydrogens (tertiary/aromatic N) is 2. The van der Waals surface area contributed by atoms with Gasteiger partial charge in [-0.15, -0.1) is 58.7 Å². The summed E-state index contributed by atoms with van der Waals surface area (Å²) in [6.45, 7) is 22.9. The molecule has 1 radical (unpaired) electrons. The van der Waals surface area contributed by atoms with Gasteiger partial charge in [0.25, 0.3) is 0 Å². The zero-order chi connectivity index (χ0) is 41.2. The van der Waals surface area contributed by atoms with Gasteiger partial charge < -0.3 is 14.4 Å². The maximum absolute atomic E-state index is 6.23. The molecule has 3 aromatic heterocycles. The minimum Gasteiger partial charge on any atom is -0.500 e. The smallest absolute Gasteiger partial charge is 0.121 e. The molecule has 0 aliphatic heterocycles. The molecule has 1 aliphatic rings. The van der Waals surface area contributed by atoms with Crippen molar-refractivity contribution in [2.24, 2.45) is 11.8 Å². The molecule has 59 heavy (non-hydrogen) atoms. The van der Waals surface area contributed by atoms with Gasteiger partial charge in [-0.2, -0.15) is 0 Å². The summed E-state index contributed by atoms with van der Waals surface area (Å²) in [7, 11) is -1.38. The van der Waals surface area contributed by atoms with Crippen molar-refractivity contribution in [1.82, 2.24) is 9.97 Å². The molecular weight excluding hydrogens is 913 g/mol. The molecule has 4 aromatic carbocycles. The van der Waals surface area contributed by atoms with Gasteiger partial charge in [-0.3, -0.25) is 0 Å². The first-order valence-corrected chi connectivity index (χ1v) is 25.1. The molecule has 0 spiro atoms. The third-order valence-corrected chi connectivity index (χ3v) is 14.0. The Balaban J connectivity index is 0.000000203. The average molecular weight is 975 g/mol. The van der Waals surface area contributed by atoms with Gasteiger partial charge in [0, 0.05) is 37.9 Å². The van der Waals surface area contributed by atoms with Crippen LogP contribution in [0.15, 0.2) is 102 Å². The van der Waals surface area contributed by atoms with Crippen LogP contribution in [0.4, 0.5) is 0 Å². The molecule has 0 bridgehead atoms. The zero-order valence-corrected chi connectivity index (χ0v) is 40.4. The summed E-state index contributed by atoms with van der Waals surface area (Å²) in [5.74, 6) is 1.48. The third-order valence-electron chi connectivity index (χ3n) is 11.9. The van der Waals surface area contributed by atoms with E-state index < -0.39 is 8.07 Å². The Kier molecular flexibility index (Phi) is 14.0. The number of aryl methyl sites for hydroxylation is 2. The standard InChI is InChI=1S/C31H30NO.C23H32NSi.Ir/c1-20(2)15-21-13-14-32-28(16-21)24-10-12-29-27(18-24)26-11-9-23(19-30(26)33-29)22-7-6-8-25(17-22)31(3,4)5;1-17-11-12-20(13-18(17)2)22-15-21(14-19-9-7-6-8-10-19)23(16-24-22)25(3,4)5;/h6-9,11-14,16-20H,15H2,1-5H3;11,13,15-16,19H,6-10,14H2,1-5H3;/q2*-1;. The van der Waals surface area contributed by atoms with Crippen LogP contribution in [0.1, 0.15) is 94.5 Å². The number of pyridine rings is 2. The van der Waals surface area contributed by atoms with E-state index in [0.29, 0.717) is 5.92 Å². The van der Waals surface area contributed by atoms with E-state index in [4.69, 9.17) is 9.40 Å². The first-order valence-electron chi connectivity index (χ1n) is 21.6. The van der Waals surface area contributed by atoms with Crippen molar-refractivity contribution in [1.29, 1.82) is 0 Å². The van der Waals surface area contributed by atoms with Crippen LogP contribution in [-0.4, -0.2) is 18.0 Å². The first-order chi connectivity index (χ1) is 27.6. The molecule has 0 saturated heterocycles. The van der Waals surface area contributed by atoms with Crippen molar-refractivity contribution in [3.05, 3.63) is 137 Å². The quantitative estimate of drug-likeness (QED) is 0.113. The molecule has 0 N–H and O–H groups in total. The SMILES string of the molecule is CC(C)Cc1ccnc(-c2[c-]cc3oc4cc(-c5cccc(C(C)(C)C)c5)ccc4c3c2)c1.Cc1c[c-]c(-c2cc(CC3CCCCC3)c([Si](C)(C)C)cn2)cc1C.[Ir]. The summed E-state index contributed by atoms with van der Waals surface area (Å²) in [6.07, 6.45) is 13.4. The molecule has 5 heteroatoms. The minimum absolute atomic E-state index is 0. The molecule has 8 rings (SSSR count). The Morgan fingerprint density at radius 1 is 0.746 bits per heavy atom. The molecule has 0 unspecified atom stereocenters. The molecular formula is C54H62IrN2OSi-2. The van der Waals surface area contributed by atoms with E-state index in [1.165, 1.54) is 71.9 Å². The second-order valence-corrected chi connectivity index (χ2v) is 24.4. The van der Waals surface area contributed by atoms with Gasteiger partial charge in [0.15, 0.2) is 0 Å². The average Bonchev–Trinajstić information content (AvgIpc) is 3.56. The van der Waals surface area contributed by atoms with E-state index in [1.54, 1.807) is 10.8 Å². The van der Waals surface area contributed by atoms with Crippen LogP contribution in [0, 0.1) is 37.8 Å². The summed E-state index contributed by atoms with van der Waals surface area (Å²) < 4.78 is 6.23. The fourth-order valence-electron chi connectivity index (χ4n) is 8.44. The summed E-state index contributed by atoms with van der Waals surface area (Å²) in [4.78, 5) is 9.45. The number of hydrogen-bond acceptors (Lipinski definition) is 3. The number of rotatable bonds is 8. The van der Waals surface area contributed by atoms with Crippen molar-refractivity contribution < 1.29 is 24.5 Å². The Hall–Kier alpha value is -4.15. The maximum atomic E-state index is 6.23. The number of aromatic nitrogens is 2. The molecule has 1 aliphatic carbocycles. The maximum Gasteiger partial charge on any atom is 0.121 e. The van der Waals surface area contributed by atoms with E-state index in [1.807, 2.05) is 12.3 Å². The van der Waals surface area contributed by atoms with Crippen LogP contribution < -0.4 is 5.19 Å². The minimum atomic E-state index is -1.38. The van der Waals surface area contributed by atoms with E-state index >= 15 is 0 Å². The van der Waals surface area contributed by atoms with Gasteiger partial charge in [-0.25, -0.2) is 0 Å². The van der Waals surface area contributed by atoms with E-state index in [0.717, 1.165) is 56.8 Å². The summed E-state index contributed by atoms with van der Waals surface area (Å²) in [5, 5.41) is 3.77. The molecule has 0 atom stereocenters.